The van der Waals surface area contributed by atoms with E-state index in [1.807, 2.05) is 30.8 Å². The molecule has 2 rings (SSSR count). The lowest BCUT2D eigenvalue weighted by Crippen LogP contribution is -2.21. The van der Waals surface area contributed by atoms with Crippen LogP contribution in [-0.4, -0.2) is 46.6 Å². The van der Waals surface area contributed by atoms with Crippen LogP contribution in [0.5, 0.6) is 0 Å². The number of anilines is 3. The van der Waals surface area contributed by atoms with Crippen LogP contribution in [0.1, 0.15) is 19.3 Å². The minimum absolute atomic E-state index is 0.260. The van der Waals surface area contributed by atoms with Gasteiger partial charge in [0.1, 0.15) is 0 Å². The van der Waals surface area contributed by atoms with Crippen LogP contribution < -0.4 is 16.0 Å². The first-order chi connectivity index (χ1) is 8.58. The van der Waals surface area contributed by atoms with Gasteiger partial charge in [-0.2, -0.15) is 26.7 Å². The maximum Gasteiger partial charge on any atom is 0.231 e. The Morgan fingerprint density at radius 2 is 2.06 bits per heavy atom. The highest BCUT2D eigenvalue weighted by atomic mass is 32.2. The van der Waals surface area contributed by atoms with Crippen LogP contribution in [0.15, 0.2) is 0 Å². The van der Waals surface area contributed by atoms with E-state index in [0.29, 0.717) is 17.9 Å². The Morgan fingerprint density at radius 3 is 2.67 bits per heavy atom. The summed E-state index contributed by atoms with van der Waals surface area (Å²) in [7, 11) is 3.77. The molecule has 1 saturated carbocycles. The summed E-state index contributed by atoms with van der Waals surface area (Å²) >= 11 is 1.93. The summed E-state index contributed by atoms with van der Waals surface area (Å²) < 4.78 is 0. The number of nitrogens with one attached hydrogen (secondary N) is 1. The van der Waals surface area contributed by atoms with Crippen molar-refractivity contribution in [2.45, 2.75) is 30.6 Å². The van der Waals surface area contributed by atoms with Crippen LogP contribution in [-0.2, 0) is 0 Å². The summed E-state index contributed by atoms with van der Waals surface area (Å²) in [4.78, 5) is 14.4. The molecule has 0 amide bonds. The minimum atomic E-state index is 0.260. The van der Waals surface area contributed by atoms with Crippen molar-refractivity contribution < 1.29 is 0 Å². The van der Waals surface area contributed by atoms with Crippen molar-refractivity contribution in [2.24, 2.45) is 0 Å². The molecule has 2 atom stereocenters. The van der Waals surface area contributed by atoms with E-state index in [2.05, 4.69) is 26.5 Å². The Labute approximate surface area is 112 Å². The fraction of sp³-hybridized carbons (Fsp3) is 0.727. The molecule has 1 aromatic heterocycles. The van der Waals surface area contributed by atoms with Gasteiger partial charge in [-0.05, 0) is 25.5 Å². The molecule has 3 N–H and O–H groups in total. The van der Waals surface area contributed by atoms with Gasteiger partial charge in [-0.25, -0.2) is 0 Å². The van der Waals surface area contributed by atoms with E-state index in [9.17, 15) is 0 Å². The van der Waals surface area contributed by atoms with Crippen molar-refractivity contribution in [1.29, 1.82) is 0 Å². The number of nitrogens with zero attached hydrogens (tertiary/aromatic N) is 4. The number of hydrogen-bond acceptors (Lipinski definition) is 7. The van der Waals surface area contributed by atoms with Crippen LogP contribution in [0, 0.1) is 0 Å². The second-order valence-electron chi connectivity index (χ2n) is 4.72. The van der Waals surface area contributed by atoms with Gasteiger partial charge in [0.05, 0.1) is 0 Å². The zero-order chi connectivity index (χ0) is 13.1. The molecule has 1 heterocycles. The number of nitrogens with two attached hydrogens (primary N) is 1. The highest BCUT2D eigenvalue weighted by Crippen LogP contribution is 2.29. The predicted molar refractivity (Wildman–Crippen MR) is 77.1 cm³/mol. The third kappa shape index (κ3) is 3.16. The van der Waals surface area contributed by atoms with Gasteiger partial charge < -0.3 is 16.0 Å². The second kappa shape index (κ2) is 5.60. The zero-order valence-electron chi connectivity index (χ0n) is 11.1. The summed E-state index contributed by atoms with van der Waals surface area (Å²) in [5, 5.41) is 4.10. The number of nitrogen functional groups attached to an aromatic ring is 1. The van der Waals surface area contributed by atoms with Gasteiger partial charge in [0.15, 0.2) is 0 Å². The molecule has 1 aliphatic carbocycles. The average molecular weight is 268 g/mol. The summed E-state index contributed by atoms with van der Waals surface area (Å²) in [6.07, 6.45) is 5.73. The maximum atomic E-state index is 5.69. The highest BCUT2D eigenvalue weighted by molar-refractivity contribution is 7.99. The first-order valence-electron chi connectivity index (χ1n) is 6.06. The number of rotatable bonds is 4. The lowest BCUT2D eigenvalue weighted by Gasteiger charge is -2.15. The van der Waals surface area contributed by atoms with E-state index in [4.69, 9.17) is 5.73 Å². The molecule has 18 heavy (non-hydrogen) atoms. The van der Waals surface area contributed by atoms with Crippen LogP contribution in [0.25, 0.3) is 0 Å². The fourth-order valence-corrected chi connectivity index (χ4v) is 2.91. The molecule has 0 saturated heterocycles. The molecule has 7 heteroatoms. The lowest BCUT2D eigenvalue weighted by atomic mass is 10.2. The fourth-order valence-electron chi connectivity index (χ4n) is 2.11. The van der Waals surface area contributed by atoms with E-state index >= 15 is 0 Å². The third-order valence-corrected chi connectivity index (χ3v) is 4.19. The van der Waals surface area contributed by atoms with E-state index in [0.717, 1.165) is 18.1 Å². The minimum Gasteiger partial charge on any atom is -0.368 e. The van der Waals surface area contributed by atoms with Gasteiger partial charge in [0, 0.05) is 25.4 Å². The molecule has 1 fully saturated rings. The van der Waals surface area contributed by atoms with E-state index in [1.165, 1.54) is 6.42 Å². The predicted octanol–water partition coefficient (Wildman–Crippen LogP) is 1.22. The molecule has 1 aromatic rings. The first-order valence-corrected chi connectivity index (χ1v) is 7.35. The Bertz CT molecular complexity index is 411. The smallest absolute Gasteiger partial charge is 0.231 e. The summed E-state index contributed by atoms with van der Waals surface area (Å²) in [5.41, 5.74) is 5.69. The van der Waals surface area contributed by atoms with Gasteiger partial charge in [-0.1, -0.05) is 0 Å². The molecule has 0 aliphatic heterocycles. The Morgan fingerprint density at radius 1 is 1.28 bits per heavy atom. The molecule has 0 spiro atoms. The van der Waals surface area contributed by atoms with Gasteiger partial charge >= 0.3 is 0 Å². The van der Waals surface area contributed by atoms with Crippen molar-refractivity contribution in [3.05, 3.63) is 0 Å². The second-order valence-corrected chi connectivity index (χ2v) is 5.86. The number of thioether (sulfide) groups is 1. The highest BCUT2D eigenvalue weighted by Gasteiger charge is 2.24. The van der Waals surface area contributed by atoms with Gasteiger partial charge in [-0.15, -0.1) is 0 Å². The van der Waals surface area contributed by atoms with Gasteiger partial charge in [0.25, 0.3) is 0 Å². The van der Waals surface area contributed by atoms with Crippen LogP contribution >= 0.6 is 11.8 Å². The molecule has 0 aromatic carbocycles. The zero-order valence-corrected chi connectivity index (χ0v) is 11.9. The van der Waals surface area contributed by atoms with Crippen molar-refractivity contribution in [2.75, 3.05) is 36.3 Å². The van der Waals surface area contributed by atoms with Crippen molar-refractivity contribution in [3.8, 4) is 0 Å². The normalized spacial score (nSPS) is 23.1. The topological polar surface area (TPSA) is 80.0 Å². The Balaban J connectivity index is 2.05. The van der Waals surface area contributed by atoms with Gasteiger partial charge in [-0.3, -0.25) is 0 Å². The van der Waals surface area contributed by atoms with E-state index < -0.39 is 0 Å². The van der Waals surface area contributed by atoms with Crippen molar-refractivity contribution >= 4 is 29.6 Å². The van der Waals surface area contributed by atoms with Crippen molar-refractivity contribution in [3.63, 3.8) is 0 Å². The molecule has 2 unspecified atom stereocenters. The van der Waals surface area contributed by atoms with Crippen LogP contribution in [0.4, 0.5) is 17.8 Å². The third-order valence-electron chi connectivity index (χ3n) is 3.09. The molecular weight excluding hydrogens is 248 g/mol. The maximum absolute atomic E-state index is 5.69. The van der Waals surface area contributed by atoms with Crippen LogP contribution in [0.2, 0.25) is 0 Å². The number of aromatic nitrogens is 3. The standard InChI is InChI=1S/C11H20N6S/c1-17(2)11-15-9(12)14-10(16-11)13-7-4-5-8(6-7)18-3/h7-8H,4-6H2,1-3H3,(H3,12,13,14,15,16). The Kier molecular flexibility index (Phi) is 4.11. The SMILES string of the molecule is CSC1CCC(Nc2nc(N)nc(N(C)C)n2)C1. The molecule has 1 aliphatic rings. The molecule has 0 radical (unpaired) electrons. The monoisotopic (exact) mass is 268 g/mol. The van der Waals surface area contributed by atoms with E-state index in [1.54, 1.807) is 0 Å². The molecule has 6 nitrogen and oxygen atoms in total. The van der Waals surface area contributed by atoms with Gasteiger partial charge in [0.2, 0.25) is 17.8 Å². The molecule has 0 bridgehead atoms. The molecule has 100 valence electrons. The summed E-state index contributed by atoms with van der Waals surface area (Å²) in [6, 6.07) is 0.444. The average Bonchev–Trinajstić information content (AvgIpc) is 2.76. The number of hydrogen-bond donors (Lipinski definition) is 2. The quantitative estimate of drug-likeness (QED) is 0.849. The Hall–Kier alpha value is -1.24. The van der Waals surface area contributed by atoms with Crippen LogP contribution in [0.3, 0.4) is 0 Å². The van der Waals surface area contributed by atoms with E-state index in [-0.39, 0.29) is 5.95 Å². The lowest BCUT2D eigenvalue weighted by molar-refractivity contribution is 0.743. The summed E-state index contributed by atoms with van der Waals surface area (Å²) in [5.74, 6) is 1.43. The summed E-state index contributed by atoms with van der Waals surface area (Å²) in [6.45, 7) is 0. The largest absolute Gasteiger partial charge is 0.368 e. The first kappa shape index (κ1) is 13.2. The molecular formula is C11H20N6S. The van der Waals surface area contributed by atoms with Crippen molar-refractivity contribution in [1.82, 2.24) is 15.0 Å².